The number of piperazine rings is 1. The van der Waals surface area contributed by atoms with E-state index in [0.717, 1.165) is 51.0 Å². The smallest absolute Gasteiger partial charge is 0.496 e. The lowest BCUT2D eigenvalue weighted by Gasteiger charge is -2.36. The second-order valence-corrected chi connectivity index (χ2v) is 5.90. The Morgan fingerprint density at radius 3 is 2.38 bits per heavy atom. The van der Waals surface area contributed by atoms with Crippen LogP contribution in [-0.4, -0.2) is 44.6 Å². The van der Waals surface area contributed by atoms with Crippen molar-refractivity contribution >= 4 is 24.8 Å². The van der Waals surface area contributed by atoms with Crippen LogP contribution in [0.1, 0.15) is 37.8 Å². The zero-order valence-corrected chi connectivity index (χ0v) is 16.6. The van der Waals surface area contributed by atoms with E-state index in [-0.39, 0.29) is 36.6 Å². The molecule has 0 saturated carbocycles. The maximum absolute atomic E-state index is 12.5. The number of unbranched alkanes of at least 4 members (excludes halogenated alkanes) is 1. The van der Waals surface area contributed by atoms with Crippen molar-refractivity contribution in [1.82, 2.24) is 10.2 Å². The molecule has 152 valence electrons. The van der Waals surface area contributed by atoms with Gasteiger partial charge in [0.05, 0.1) is 7.11 Å². The topological polar surface area (TPSA) is 33.7 Å². The van der Waals surface area contributed by atoms with Crippen LogP contribution >= 0.6 is 24.8 Å². The molecule has 0 spiro atoms. The van der Waals surface area contributed by atoms with Crippen LogP contribution in [0.3, 0.4) is 0 Å². The summed E-state index contributed by atoms with van der Waals surface area (Å²) in [5.74, 6) is 0.402. The number of nitrogens with zero attached hydrogens (tertiary/aromatic N) is 1. The average molecular weight is 419 g/mol. The minimum atomic E-state index is -4.69. The van der Waals surface area contributed by atoms with Gasteiger partial charge in [-0.25, -0.2) is 0 Å². The summed E-state index contributed by atoms with van der Waals surface area (Å²) in [5, 5.41) is 3.30. The summed E-state index contributed by atoms with van der Waals surface area (Å²) in [7, 11) is 1.54. The molecule has 1 atom stereocenters. The molecular weight excluding hydrogens is 392 g/mol. The molecule has 1 aromatic carbocycles. The van der Waals surface area contributed by atoms with Crippen molar-refractivity contribution in [2.45, 2.75) is 38.6 Å². The lowest BCUT2D eigenvalue weighted by atomic mass is 9.97. The Hall–Kier alpha value is -0.890. The van der Waals surface area contributed by atoms with Gasteiger partial charge in [-0.1, -0.05) is 19.8 Å². The highest BCUT2D eigenvalue weighted by Crippen LogP contribution is 2.37. The molecule has 0 amide bonds. The van der Waals surface area contributed by atoms with Gasteiger partial charge in [0.25, 0.3) is 0 Å². The molecule has 1 fully saturated rings. The first-order chi connectivity index (χ1) is 11.4. The number of halogens is 5. The van der Waals surface area contributed by atoms with Crippen molar-refractivity contribution < 1.29 is 22.6 Å². The number of alkyl halides is 3. The van der Waals surface area contributed by atoms with Crippen LogP contribution in [0.15, 0.2) is 18.2 Å². The number of ether oxygens (including phenoxy) is 2. The largest absolute Gasteiger partial charge is 0.573 e. The van der Waals surface area contributed by atoms with Gasteiger partial charge in [0, 0.05) is 37.8 Å². The van der Waals surface area contributed by atoms with Crippen LogP contribution in [0.2, 0.25) is 0 Å². The summed E-state index contributed by atoms with van der Waals surface area (Å²) in [6.45, 7) is 5.59. The normalized spacial score (nSPS) is 16.2. The standard InChI is InChI=1S/C17H25F3N2O2.2ClH/c1-3-4-5-15(22-10-8-21-9-11-22)14-12-13(24-17(18,19)20)6-7-16(14)23-2;;/h6-7,12,15,21H,3-5,8-11H2,1-2H3;2*1H/t15-;;/m1../s1. The van der Waals surface area contributed by atoms with E-state index >= 15 is 0 Å². The predicted octanol–water partition coefficient (Wildman–Crippen LogP) is 4.57. The third-order valence-electron chi connectivity index (χ3n) is 4.22. The van der Waals surface area contributed by atoms with Crippen LogP contribution in [-0.2, 0) is 0 Å². The molecule has 1 aliphatic rings. The Morgan fingerprint density at radius 1 is 1.19 bits per heavy atom. The molecular formula is C17H27Cl2F3N2O2. The fourth-order valence-electron chi connectivity index (χ4n) is 3.10. The molecule has 4 nitrogen and oxygen atoms in total. The van der Waals surface area contributed by atoms with Gasteiger partial charge >= 0.3 is 6.36 Å². The lowest BCUT2D eigenvalue weighted by Crippen LogP contribution is -2.45. The zero-order chi connectivity index (χ0) is 17.6. The van der Waals surface area contributed by atoms with E-state index < -0.39 is 6.36 Å². The van der Waals surface area contributed by atoms with Crippen molar-refractivity contribution in [3.8, 4) is 11.5 Å². The Morgan fingerprint density at radius 2 is 1.85 bits per heavy atom. The van der Waals surface area contributed by atoms with E-state index in [1.165, 1.54) is 19.2 Å². The Labute approximate surface area is 165 Å². The summed E-state index contributed by atoms with van der Waals surface area (Å²) >= 11 is 0. The number of methoxy groups -OCH3 is 1. The van der Waals surface area contributed by atoms with Crippen molar-refractivity contribution in [1.29, 1.82) is 0 Å². The number of hydrogen-bond donors (Lipinski definition) is 1. The molecule has 1 aliphatic heterocycles. The molecule has 1 saturated heterocycles. The first-order valence-electron chi connectivity index (χ1n) is 8.33. The molecule has 1 aromatic rings. The summed E-state index contributed by atoms with van der Waals surface area (Å²) in [6, 6.07) is 4.34. The summed E-state index contributed by atoms with van der Waals surface area (Å²) in [4.78, 5) is 2.31. The third-order valence-corrected chi connectivity index (χ3v) is 4.22. The fraction of sp³-hybridized carbons (Fsp3) is 0.647. The molecule has 0 radical (unpaired) electrons. The Kier molecular flexibility index (Phi) is 11.3. The zero-order valence-electron chi connectivity index (χ0n) is 15.0. The monoisotopic (exact) mass is 418 g/mol. The second kappa shape index (κ2) is 11.7. The fourth-order valence-corrected chi connectivity index (χ4v) is 3.10. The van der Waals surface area contributed by atoms with Gasteiger partial charge < -0.3 is 14.8 Å². The summed E-state index contributed by atoms with van der Waals surface area (Å²) < 4.78 is 47.1. The van der Waals surface area contributed by atoms with Gasteiger partial charge in [-0.15, -0.1) is 38.0 Å². The number of hydrogen-bond acceptors (Lipinski definition) is 4. The second-order valence-electron chi connectivity index (χ2n) is 5.90. The Bertz CT molecular complexity index is 527. The van der Waals surface area contributed by atoms with Crippen molar-refractivity contribution in [3.63, 3.8) is 0 Å². The van der Waals surface area contributed by atoms with Gasteiger partial charge in [0.2, 0.25) is 0 Å². The van der Waals surface area contributed by atoms with Gasteiger partial charge in [-0.3, -0.25) is 4.90 Å². The highest BCUT2D eigenvalue weighted by molar-refractivity contribution is 5.85. The number of benzene rings is 1. The molecule has 1 N–H and O–H groups in total. The molecule has 26 heavy (non-hydrogen) atoms. The minimum absolute atomic E-state index is 0. The van der Waals surface area contributed by atoms with Crippen LogP contribution in [0, 0.1) is 0 Å². The maximum Gasteiger partial charge on any atom is 0.573 e. The first kappa shape index (κ1) is 25.1. The molecule has 0 bridgehead atoms. The van der Waals surface area contributed by atoms with E-state index in [4.69, 9.17) is 4.74 Å². The molecule has 0 aromatic heterocycles. The minimum Gasteiger partial charge on any atom is -0.496 e. The summed E-state index contributed by atoms with van der Waals surface area (Å²) in [6.07, 6.45) is -1.78. The number of nitrogens with one attached hydrogen (secondary N) is 1. The molecule has 0 aliphatic carbocycles. The van der Waals surface area contributed by atoms with Crippen LogP contribution in [0.5, 0.6) is 11.5 Å². The molecule has 9 heteroatoms. The van der Waals surface area contributed by atoms with Crippen molar-refractivity contribution in [3.05, 3.63) is 23.8 Å². The van der Waals surface area contributed by atoms with Crippen molar-refractivity contribution in [2.75, 3.05) is 33.3 Å². The van der Waals surface area contributed by atoms with Crippen LogP contribution in [0.4, 0.5) is 13.2 Å². The van der Waals surface area contributed by atoms with Gasteiger partial charge in [-0.05, 0) is 24.6 Å². The quantitative estimate of drug-likeness (QED) is 0.702. The summed E-state index contributed by atoms with van der Waals surface area (Å²) in [5.41, 5.74) is 0.759. The van der Waals surface area contributed by atoms with Gasteiger partial charge in [-0.2, -0.15) is 0 Å². The Balaban J connectivity index is 0.00000312. The first-order valence-corrected chi connectivity index (χ1v) is 8.33. The van der Waals surface area contributed by atoms with E-state index in [1.807, 2.05) is 0 Å². The van der Waals surface area contributed by atoms with E-state index in [2.05, 4.69) is 21.9 Å². The number of rotatable bonds is 7. The van der Waals surface area contributed by atoms with E-state index in [9.17, 15) is 13.2 Å². The van der Waals surface area contributed by atoms with E-state index in [1.54, 1.807) is 6.07 Å². The average Bonchev–Trinajstić information content (AvgIpc) is 2.55. The van der Waals surface area contributed by atoms with Crippen LogP contribution < -0.4 is 14.8 Å². The highest BCUT2D eigenvalue weighted by Gasteiger charge is 2.32. The SMILES string of the molecule is CCCC[C@H](c1cc(OC(F)(F)F)ccc1OC)N1CCNCC1.Cl.Cl. The van der Waals surface area contributed by atoms with Crippen molar-refractivity contribution in [2.24, 2.45) is 0 Å². The molecule has 0 unspecified atom stereocenters. The van der Waals surface area contributed by atoms with Crippen LogP contribution in [0.25, 0.3) is 0 Å². The lowest BCUT2D eigenvalue weighted by molar-refractivity contribution is -0.274. The van der Waals surface area contributed by atoms with Gasteiger partial charge in [0.1, 0.15) is 11.5 Å². The molecule has 2 rings (SSSR count). The van der Waals surface area contributed by atoms with Gasteiger partial charge in [0.15, 0.2) is 0 Å². The maximum atomic E-state index is 12.5. The third kappa shape index (κ3) is 7.39. The van der Waals surface area contributed by atoms with E-state index in [0.29, 0.717) is 5.75 Å². The molecule has 1 heterocycles. The predicted molar refractivity (Wildman–Crippen MR) is 101 cm³/mol. The highest BCUT2D eigenvalue weighted by atomic mass is 35.5.